The number of methoxy groups -OCH3 is 1. The maximum absolute atomic E-state index is 12.9. The van der Waals surface area contributed by atoms with Gasteiger partial charge in [-0.2, -0.15) is 0 Å². The number of likely N-dealkylation sites (tertiary alicyclic amines) is 1. The third-order valence-corrected chi connectivity index (χ3v) is 7.36. The van der Waals surface area contributed by atoms with E-state index in [9.17, 15) is 9.59 Å². The summed E-state index contributed by atoms with van der Waals surface area (Å²) in [6.07, 6.45) is 0.850. The molecule has 1 atom stereocenters. The number of ether oxygens (including phenoxy) is 1. The van der Waals surface area contributed by atoms with Crippen molar-refractivity contribution in [3.05, 3.63) is 50.8 Å². The van der Waals surface area contributed by atoms with E-state index in [0.717, 1.165) is 32.6 Å². The Morgan fingerprint density at radius 3 is 2.90 bits per heavy atom. The van der Waals surface area contributed by atoms with Crippen LogP contribution in [0.5, 0.6) is 0 Å². The molecule has 152 valence electrons. The van der Waals surface area contributed by atoms with Gasteiger partial charge in [-0.1, -0.05) is 18.2 Å². The van der Waals surface area contributed by atoms with Gasteiger partial charge in [-0.3, -0.25) is 9.59 Å². The minimum Gasteiger partial charge on any atom is -0.383 e. The quantitative estimate of drug-likeness (QED) is 0.607. The highest BCUT2D eigenvalue weighted by atomic mass is 32.1. The molecule has 0 bridgehead atoms. The van der Waals surface area contributed by atoms with Crippen LogP contribution in [0.4, 0.5) is 0 Å². The van der Waals surface area contributed by atoms with Gasteiger partial charge in [0.15, 0.2) is 0 Å². The van der Waals surface area contributed by atoms with Gasteiger partial charge in [-0.15, -0.1) is 22.7 Å². The summed E-state index contributed by atoms with van der Waals surface area (Å²) in [5.41, 5.74) is 3.56. The zero-order valence-corrected chi connectivity index (χ0v) is 18.1. The summed E-state index contributed by atoms with van der Waals surface area (Å²) in [6, 6.07) is 8.12. The third kappa shape index (κ3) is 3.92. The number of thiazole rings is 1. The van der Waals surface area contributed by atoms with Crippen molar-refractivity contribution in [3.63, 3.8) is 0 Å². The molecule has 1 N–H and O–H groups in total. The van der Waals surface area contributed by atoms with Crippen LogP contribution in [-0.2, 0) is 4.74 Å². The number of hydrogen-bond acceptors (Lipinski definition) is 6. The predicted octanol–water partition coefficient (Wildman–Crippen LogP) is 3.67. The fraction of sp³-hybridized carbons (Fsp3) is 0.381. The minimum atomic E-state index is -0.0682. The molecule has 2 aromatic heterocycles. The van der Waals surface area contributed by atoms with Crippen LogP contribution >= 0.6 is 22.7 Å². The normalized spacial score (nSPS) is 16.5. The Labute approximate surface area is 177 Å². The van der Waals surface area contributed by atoms with Gasteiger partial charge in [-0.25, -0.2) is 4.98 Å². The second kappa shape index (κ2) is 8.61. The van der Waals surface area contributed by atoms with Crippen molar-refractivity contribution in [2.24, 2.45) is 0 Å². The standard InChI is InChI=1S/C21H23N3O3S2/c1-13-18(28-12-23-13)21(26)24-9-7-14(11-24)17-15-5-3-4-6-16(15)29-19(17)20(25)22-8-10-27-2/h3-6,12,14H,7-11H2,1-2H3,(H,22,25). The molecule has 4 rings (SSSR count). The predicted molar refractivity (Wildman–Crippen MR) is 116 cm³/mol. The number of carbonyl (C=O) groups excluding carboxylic acids is 2. The molecule has 8 heteroatoms. The number of benzene rings is 1. The molecule has 6 nitrogen and oxygen atoms in total. The lowest BCUT2D eigenvalue weighted by Gasteiger charge is -2.17. The summed E-state index contributed by atoms with van der Waals surface area (Å²) < 4.78 is 6.14. The number of rotatable bonds is 6. The summed E-state index contributed by atoms with van der Waals surface area (Å²) in [4.78, 5) is 33.3. The first kappa shape index (κ1) is 20.0. The van der Waals surface area contributed by atoms with Crippen molar-refractivity contribution in [2.45, 2.75) is 19.3 Å². The van der Waals surface area contributed by atoms with Crippen molar-refractivity contribution in [1.29, 1.82) is 0 Å². The van der Waals surface area contributed by atoms with Gasteiger partial charge >= 0.3 is 0 Å². The molecule has 0 spiro atoms. The molecule has 3 heterocycles. The zero-order valence-electron chi connectivity index (χ0n) is 16.4. The minimum absolute atomic E-state index is 0.0399. The van der Waals surface area contributed by atoms with E-state index in [1.807, 2.05) is 30.0 Å². The molecular weight excluding hydrogens is 406 g/mol. The molecule has 1 unspecified atom stereocenters. The fourth-order valence-electron chi connectivity index (χ4n) is 3.82. The first-order valence-corrected chi connectivity index (χ1v) is 11.3. The van der Waals surface area contributed by atoms with Gasteiger partial charge in [0, 0.05) is 37.4 Å². The molecule has 0 aliphatic carbocycles. The Hall–Kier alpha value is -2.29. The number of carbonyl (C=O) groups is 2. The average molecular weight is 430 g/mol. The second-order valence-corrected chi connectivity index (χ2v) is 9.00. The van der Waals surface area contributed by atoms with Gasteiger partial charge in [0.2, 0.25) is 0 Å². The molecule has 0 radical (unpaired) electrons. The van der Waals surface area contributed by atoms with E-state index in [0.29, 0.717) is 31.1 Å². The largest absolute Gasteiger partial charge is 0.383 e. The van der Waals surface area contributed by atoms with E-state index in [1.54, 1.807) is 12.6 Å². The lowest BCUT2D eigenvalue weighted by molar-refractivity contribution is 0.0794. The summed E-state index contributed by atoms with van der Waals surface area (Å²) in [5.74, 6) is 0.117. The molecule has 2 amide bonds. The van der Waals surface area contributed by atoms with E-state index in [2.05, 4.69) is 16.4 Å². The van der Waals surface area contributed by atoms with Crippen LogP contribution in [0.1, 0.15) is 42.9 Å². The zero-order chi connectivity index (χ0) is 20.4. The van der Waals surface area contributed by atoms with Crippen LogP contribution in [-0.4, -0.2) is 55.0 Å². The number of hydrogen-bond donors (Lipinski definition) is 1. The molecule has 3 aromatic rings. The SMILES string of the molecule is COCCNC(=O)c1sc2ccccc2c1C1CCN(C(=O)c2scnc2C)C1. The summed E-state index contributed by atoms with van der Waals surface area (Å²) in [5, 5.41) is 4.06. The number of fused-ring (bicyclic) bond motifs is 1. The van der Waals surface area contributed by atoms with Crippen LogP contribution < -0.4 is 5.32 Å². The van der Waals surface area contributed by atoms with E-state index < -0.39 is 0 Å². The van der Waals surface area contributed by atoms with Crippen LogP contribution in [0.3, 0.4) is 0 Å². The molecule has 1 aliphatic rings. The topological polar surface area (TPSA) is 71.5 Å². The Morgan fingerprint density at radius 2 is 2.14 bits per heavy atom. The van der Waals surface area contributed by atoms with Crippen LogP contribution in [0.15, 0.2) is 29.8 Å². The number of aromatic nitrogens is 1. The number of thiophene rings is 1. The van der Waals surface area contributed by atoms with Crippen LogP contribution in [0, 0.1) is 6.92 Å². The highest BCUT2D eigenvalue weighted by Crippen LogP contribution is 2.40. The molecular formula is C21H23N3O3S2. The lowest BCUT2D eigenvalue weighted by atomic mass is 9.95. The number of aryl methyl sites for hydroxylation is 1. The summed E-state index contributed by atoms with van der Waals surface area (Å²) in [7, 11) is 1.62. The van der Waals surface area contributed by atoms with E-state index in [-0.39, 0.29) is 17.7 Å². The molecule has 0 saturated carbocycles. The van der Waals surface area contributed by atoms with Gasteiger partial charge in [0.25, 0.3) is 11.8 Å². The van der Waals surface area contributed by atoms with Gasteiger partial charge in [0.05, 0.1) is 22.7 Å². The fourth-order valence-corrected chi connectivity index (χ4v) is 5.79. The lowest BCUT2D eigenvalue weighted by Crippen LogP contribution is -2.29. The number of nitrogens with zero attached hydrogens (tertiary/aromatic N) is 2. The molecule has 1 fully saturated rings. The first-order chi connectivity index (χ1) is 14.1. The van der Waals surface area contributed by atoms with E-state index in [4.69, 9.17) is 4.74 Å². The number of amides is 2. The highest BCUT2D eigenvalue weighted by Gasteiger charge is 2.33. The molecule has 1 aliphatic heterocycles. The third-order valence-electron chi connectivity index (χ3n) is 5.26. The molecule has 29 heavy (non-hydrogen) atoms. The Bertz CT molecular complexity index is 1040. The summed E-state index contributed by atoms with van der Waals surface area (Å²) in [6.45, 7) is 4.13. The van der Waals surface area contributed by atoms with Crippen molar-refractivity contribution >= 4 is 44.6 Å². The van der Waals surface area contributed by atoms with Crippen LogP contribution in [0.25, 0.3) is 10.1 Å². The van der Waals surface area contributed by atoms with Crippen molar-refractivity contribution in [2.75, 3.05) is 33.4 Å². The van der Waals surface area contributed by atoms with Gasteiger partial charge in [-0.05, 0) is 30.4 Å². The summed E-state index contributed by atoms with van der Waals surface area (Å²) >= 11 is 2.91. The van der Waals surface area contributed by atoms with Crippen molar-refractivity contribution < 1.29 is 14.3 Å². The highest BCUT2D eigenvalue weighted by molar-refractivity contribution is 7.21. The first-order valence-electron chi connectivity index (χ1n) is 9.58. The van der Waals surface area contributed by atoms with E-state index >= 15 is 0 Å². The monoisotopic (exact) mass is 429 g/mol. The Balaban J connectivity index is 1.61. The molecule has 1 saturated heterocycles. The number of nitrogens with one attached hydrogen (secondary N) is 1. The van der Waals surface area contributed by atoms with E-state index in [1.165, 1.54) is 22.7 Å². The Kier molecular flexibility index (Phi) is 5.94. The van der Waals surface area contributed by atoms with Crippen LogP contribution in [0.2, 0.25) is 0 Å². The van der Waals surface area contributed by atoms with Gasteiger partial charge < -0.3 is 15.0 Å². The second-order valence-electron chi connectivity index (χ2n) is 7.09. The maximum Gasteiger partial charge on any atom is 0.265 e. The molecule has 1 aromatic carbocycles. The van der Waals surface area contributed by atoms with Crippen molar-refractivity contribution in [3.8, 4) is 0 Å². The smallest absolute Gasteiger partial charge is 0.265 e. The van der Waals surface area contributed by atoms with Gasteiger partial charge in [0.1, 0.15) is 4.88 Å². The van der Waals surface area contributed by atoms with Crippen molar-refractivity contribution in [1.82, 2.24) is 15.2 Å². The Morgan fingerprint density at radius 1 is 1.31 bits per heavy atom. The average Bonchev–Trinajstić information content (AvgIpc) is 3.45. The maximum atomic E-state index is 12.9.